The zero-order chi connectivity index (χ0) is 9.26. The quantitative estimate of drug-likeness (QED) is 0.682. The summed E-state index contributed by atoms with van der Waals surface area (Å²) in [6.45, 7) is 2.14. The second-order valence-corrected chi connectivity index (χ2v) is 4.03. The van der Waals surface area contributed by atoms with E-state index in [1.807, 2.05) is 6.33 Å². The van der Waals surface area contributed by atoms with Gasteiger partial charge in [-0.1, -0.05) is 0 Å². The molecule has 0 aliphatic carbocycles. The number of aryl methyl sites for hydroxylation is 1. The lowest BCUT2D eigenvalue weighted by atomic mass is 10.1. The van der Waals surface area contributed by atoms with Crippen LogP contribution in [0.1, 0.15) is 24.2 Å². The van der Waals surface area contributed by atoms with Gasteiger partial charge in [0.25, 0.3) is 0 Å². The van der Waals surface area contributed by atoms with E-state index in [1.165, 1.54) is 30.7 Å². The zero-order valence-corrected chi connectivity index (χ0v) is 8.45. The minimum absolute atomic E-state index is 0.975. The van der Waals surface area contributed by atoms with E-state index in [4.69, 9.17) is 0 Å². The normalized spacial score (nSPS) is 16.2. The summed E-state index contributed by atoms with van der Waals surface area (Å²) in [4.78, 5) is 6.64. The monoisotopic (exact) mass is 179 g/mol. The Morgan fingerprint density at radius 2 is 2.31 bits per heavy atom. The molecule has 1 aliphatic rings. The Hall–Kier alpha value is -0.830. The van der Waals surface area contributed by atoms with Crippen LogP contribution < -0.4 is 0 Å². The zero-order valence-electron chi connectivity index (χ0n) is 8.45. The van der Waals surface area contributed by atoms with Crippen LogP contribution in [-0.2, 0) is 19.5 Å². The van der Waals surface area contributed by atoms with Crippen LogP contribution in [0.5, 0.6) is 0 Å². The first-order valence-corrected chi connectivity index (χ1v) is 4.95. The minimum atomic E-state index is 0.975. The third kappa shape index (κ3) is 1.75. The van der Waals surface area contributed by atoms with E-state index in [9.17, 15) is 0 Å². The van der Waals surface area contributed by atoms with Crippen LogP contribution in [0.15, 0.2) is 6.33 Å². The fraction of sp³-hybridized carbons (Fsp3) is 0.700. The molecule has 13 heavy (non-hydrogen) atoms. The third-order valence-corrected chi connectivity index (χ3v) is 2.56. The van der Waals surface area contributed by atoms with E-state index in [2.05, 4.69) is 28.5 Å². The first-order valence-electron chi connectivity index (χ1n) is 4.95. The highest BCUT2D eigenvalue weighted by atomic mass is 15.1. The van der Waals surface area contributed by atoms with E-state index in [-0.39, 0.29) is 0 Å². The van der Waals surface area contributed by atoms with Crippen molar-refractivity contribution in [2.24, 2.45) is 0 Å². The highest BCUT2D eigenvalue weighted by molar-refractivity contribution is 5.14. The standard InChI is InChI=1S/C10H17N3/c1-12(2)7-9-10-5-3-4-6-13(10)8-11-9/h8H,3-7H2,1-2H3. The van der Waals surface area contributed by atoms with E-state index >= 15 is 0 Å². The Balaban J connectivity index is 2.21. The SMILES string of the molecule is CN(C)Cc1ncn2c1CCCC2. The van der Waals surface area contributed by atoms with Gasteiger partial charge in [0.05, 0.1) is 12.0 Å². The fourth-order valence-electron chi connectivity index (χ4n) is 1.94. The van der Waals surface area contributed by atoms with Crippen molar-refractivity contribution in [2.75, 3.05) is 14.1 Å². The van der Waals surface area contributed by atoms with Crippen LogP contribution in [0.2, 0.25) is 0 Å². The highest BCUT2D eigenvalue weighted by Crippen LogP contribution is 2.18. The number of hydrogen-bond acceptors (Lipinski definition) is 2. The molecule has 0 unspecified atom stereocenters. The molecule has 0 aromatic carbocycles. The van der Waals surface area contributed by atoms with E-state index < -0.39 is 0 Å². The Morgan fingerprint density at radius 1 is 1.46 bits per heavy atom. The number of aromatic nitrogens is 2. The molecule has 2 rings (SSSR count). The van der Waals surface area contributed by atoms with E-state index in [0.717, 1.165) is 13.1 Å². The van der Waals surface area contributed by atoms with Crippen LogP contribution in [0.3, 0.4) is 0 Å². The lowest BCUT2D eigenvalue weighted by molar-refractivity contribution is 0.393. The molecule has 1 aliphatic heterocycles. The average Bonchev–Trinajstić information content (AvgIpc) is 2.48. The van der Waals surface area contributed by atoms with Gasteiger partial charge in [-0.05, 0) is 33.4 Å². The summed E-state index contributed by atoms with van der Waals surface area (Å²) in [5, 5.41) is 0. The van der Waals surface area contributed by atoms with Gasteiger partial charge in [0.1, 0.15) is 0 Å². The summed E-state index contributed by atoms with van der Waals surface area (Å²) < 4.78 is 2.31. The fourth-order valence-corrected chi connectivity index (χ4v) is 1.94. The molecule has 2 heterocycles. The smallest absolute Gasteiger partial charge is 0.0952 e. The molecular formula is C10H17N3. The van der Waals surface area contributed by atoms with Gasteiger partial charge in [0, 0.05) is 18.8 Å². The molecule has 0 radical (unpaired) electrons. The van der Waals surface area contributed by atoms with Gasteiger partial charge in [0.2, 0.25) is 0 Å². The molecule has 0 bridgehead atoms. The molecule has 3 nitrogen and oxygen atoms in total. The second kappa shape index (κ2) is 3.50. The van der Waals surface area contributed by atoms with Crippen molar-refractivity contribution in [3.05, 3.63) is 17.7 Å². The van der Waals surface area contributed by atoms with Crippen molar-refractivity contribution in [3.63, 3.8) is 0 Å². The van der Waals surface area contributed by atoms with Gasteiger partial charge < -0.3 is 9.47 Å². The molecule has 0 saturated heterocycles. The predicted molar refractivity (Wildman–Crippen MR) is 52.6 cm³/mol. The maximum absolute atomic E-state index is 4.46. The molecule has 0 fully saturated rings. The summed E-state index contributed by atoms with van der Waals surface area (Å²) >= 11 is 0. The van der Waals surface area contributed by atoms with E-state index in [1.54, 1.807) is 0 Å². The molecule has 1 aromatic rings. The van der Waals surface area contributed by atoms with Crippen LogP contribution in [0, 0.1) is 0 Å². The van der Waals surface area contributed by atoms with Gasteiger partial charge in [-0.15, -0.1) is 0 Å². The van der Waals surface area contributed by atoms with Crippen molar-refractivity contribution in [3.8, 4) is 0 Å². The van der Waals surface area contributed by atoms with Gasteiger partial charge in [-0.2, -0.15) is 0 Å². The Labute approximate surface area is 79.4 Å². The van der Waals surface area contributed by atoms with Crippen molar-refractivity contribution < 1.29 is 0 Å². The first kappa shape index (κ1) is 8.75. The second-order valence-electron chi connectivity index (χ2n) is 4.03. The van der Waals surface area contributed by atoms with Crippen molar-refractivity contribution in [2.45, 2.75) is 32.4 Å². The molecule has 0 spiro atoms. The van der Waals surface area contributed by atoms with Gasteiger partial charge in [-0.3, -0.25) is 0 Å². The minimum Gasteiger partial charge on any atom is -0.334 e. The molecule has 0 saturated carbocycles. The third-order valence-electron chi connectivity index (χ3n) is 2.56. The highest BCUT2D eigenvalue weighted by Gasteiger charge is 2.14. The van der Waals surface area contributed by atoms with Crippen LogP contribution in [-0.4, -0.2) is 28.5 Å². The van der Waals surface area contributed by atoms with Crippen molar-refractivity contribution in [1.82, 2.24) is 14.5 Å². The Bertz CT molecular complexity index is 288. The lowest BCUT2D eigenvalue weighted by Gasteiger charge is -2.16. The number of nitrogens with zero attached hydrogens (tertiary/aromatic N) is 3. The van der Waals surface area contributed by atoms with Crippen molar-refractivity contribution >= 4 is 0 Å². The number of hydrogen-bond donors (Lipinski definition) is 0. The maximum Gasteiger partial charge on any atom is 0.0952 e. The molecule has 0 N–H and O–H groups in total. The molecule has 1 aromatic heterocycles. The lowest BCUT2D eigenvalue weighted by Crippen LogP contribution is -2.15. The maximum atomic E-state index is 4.46. The summed E-state index contributed by atoms with van der Waals surface area (Å²) in [5.41, 5.74) is 2.73. The Kier molecular flexibility index (Phi) is 2.36. The van der Waals surface area contributed by atoms with Gasteiger partial charge in [0.15, 0.2) is 0 Å². The van der Waals surface area contributed by atoms with Crippen LogP contribution in [0.4, 0.5) is 0 Å². The molecule has 0 amide bonds. The van der Waals surface area contributed by atoms with Crippen LogP contribution >= 0.6 is 0 Å². The summed E-state index contributed by atoms with van der Waals surface area (Å²) in [6.07, 6.45) is 5.84. The van der Waals surface area contributed by atoms with Crippen LogP contribution in [0.25, 0.3) is 0 Å². The first-order chi connectivity index (χ1) is 6.27. The van der Waals surface area contributed by atoms with Gasteiger partial charge in [-0.25, -0.2) is 4.98 Å². The molecule has 72 valence electrons. The Morgan fingerprint density at radius 3 is 3.08 bits per heavy atom. The number of rotatable bonds is 2. The summed E-state index contributed by atoms with van der Waals surface area (Å²) in [5.74, 6) is 0. The summed E-state index contributed by atoms with van der Waals surface area (Å²) in [6, 6.07) is 0. The molecule has 3 heteroatoms. The van der Waals surface area contributed by atoms with Crippen molar-refractivity contribution in [1.29, 1.82) is 0 Å². The summed E-state index contributed by atoms with van der Waals surface area (Å²) in [7, 11) is 4.18. The van der Waals surface area contributed by atoms with Gasteiger partial charge >= 0.3 is 0 Å². The van der Waals surface area contributed by atoms with E-state index in [0.29, 0.717) is 0 Å². The largest absolute Gasteiger partial charge is 0.334 e. The predicted octanol–water partition coefficient (Wildman–Crippen LogP) is 1.28. The number of fused-ring (bicyclic) bond motifs is 1. The molecular weight excluding hydrogens is 162 g/mol. The molecule has 0 atom stereocenters. The number of imidazole rings is 1. The topological polar surface area (TPSA) is 21.1 Å². The average molecular weight is 179 g/mol.